The summed E-state index contributed by atoms with van der Waals surface area (Å²) in [5, 5.41) is 7.17. The van der Waals surface area contributed by atoms with Crippen LogP contribution in [-0.2, 0) is 11.8 Å². The van der Waals surface area contributed by atoms with Gasteiger partial charge < -0.3 is 29.7 Å². The smallest absolute Gasteiger partial charge is 0.283 e. The average Bonchev–Trinajstić information content (AvgIpc) is 3.24. The van der Waals surface area contributed by atoms with Gasteiger partial charge >= 0.3 is 0 Å². The van der Waals surface area contributed by atoms with Crippen LogP contribution in [0.2, 0.25) is 5.02 Å². The Labute approximate surface area is 231 Å². The Bertz CT molecular complexity index is 1540. The van der Waals surface area contributed by atoms with Gasteiger partial charge in [0.2, 0.25) is 5.95 Å². The second-order valence-electron chi connectivity index (χ2n) is 9.34. The molecule has 2 heterocycles. The van der Waals surface area contributed by atoms with Crippen molar-refractivity contribution in [3.05, 3.63) is 66.2 Å². The molecule has 0 aliphatic carbocycles. The lowest BCUT2D eigenvalue weighted by Crippen LogP contribution is -2.29. The molecular weight excluding hydrogens is 521 g/mol. The summed E-state index contributed by atoms with van der Waals surface area (Å²) in [5.41, 5.74) is 3.94. The second kappa shape index (κ2) is 11.7. The first-order chi connectivity index (χ1) is 18.6. The molecule has 0 aliphatic heterocycles. The highest BCUT2D eigenvalue weighted by molar-refractivity contribution is 6.33. The van der Waals surface area contributed by atoms with E-state index in [9.17, 15) is 9.18 Å². The van der Waals surface area contributed by atoms with Crippen molar-refractivity contribution in [3.8, 4) is 17.0 Å². The van der Waals surface area contributed by atoms with E-state index in [1.165, 1.54) is 13.3 Å². The number of carbonyl (C=O) groups excluding carboxylic acids is 1. The third kappa shape index (κ3) is 6.13. The zero-order valence-corrected chi connectivity index (χ0v) is 23.3. The Kier molecular flexibility index (Phi) is 8.37. The van der Waals surface area contributed by atoms with Gasteiger partial charge in [-0.15, -0.1) is 0 Å². The maximum atomic E-state index is 13.6. The standard InChI is InChI=1S/C28H31ClFN7O2/c1-17(30)27(38)32-21-13-22(25(39-6)14-24(21)36(4)12-11-35(2)3)33-28-31-15-20(29)26(34-28)19-16-37(5)23-10-8-7-9-18(19)23/h7-10,13-16H,1,11-12H2,2-6H3,(H,32,38)(H,31,33,34). The Morgan fingerprint density at radius 2 is 1.92 bits per heavy atom. The van der Waals surface area contributed by atoms with Crippen molar-refractivity contribution in [2.24, 2.45) is 7.05 Å². The molecule has 0 atom stereocenters. The number of rotatable bonds is 10. The van der Waals surface area contributed by atoms with Crippen LogP contribution in [0.3, 0.4) is 0 Å². The highest BCUT2D eigenvalue weighted by Crippen LogP contribution is 2.39. The number of ether oxygens (including phenoxy) is 1. The fourth-order valence-corrected chi connectivity index (χ4v) is 4.37. The number of likely N-dealkylation sites (N-methyl/N-ethyl adjacent to an activating group) is 2. The normalized spacial score (nSPS) is 11.1. The number of benzene rings is 2. The van der Waals surface area contributed by atoms with Crippen molar-refractivity contribution in [1.29, 1.82) is 0 Å². The molecule has 0 spiro atoms. The van der Waals surface area contributed by atoms with E-state index in [0.717, 1.165) is 23.0 Å². The molecule has 1 amide bonds. The van der Waals surface area contributed by atoms with E-state index < -0.39 is 11.7 Å². The Morgan fingerprint density at radius 3 is 2.62 bits per heavy atom. The summed E-state index contributed by atoms with van der Waals surface area (Å²) in [4.78, 5) is 25.3. The summed E-state index contributed by atoms with van der Waals surface area (Å²) in [5.74, 6) is -1.29. The van der Waals surface area contributed by atoms with Crippen LogP contribution in [0.25, 0.3) is 22.2 Å². The van der Waals surface area contributed by atoms with E-state index in [4.69, 9.17) is 21.3 Å². The summed E-state index contributed by atoms with van der Waals surface area (Å²) in [6.07, 6.45) is 3.50. The lowest BCUT2D eigenvalue weighted by Gasteiger charge is -2.26. The number of hydrogen-bond donors (Lipinski definition) is 2. The molecule has 0 saturated carbocycles. The lowest BCUT2D eigenvalue weighted by molar-refractivity contribution is -0.114. The molecule has 0 unspecified atom stereocenters. The third-order valence-electron chi connectivity index (χ3n) is 6.25. The van der Waals surface area contributed by atoms with Gasteiger partial charge in [0.15, 0.2) is 5.83 Å². The number of anilines is 4. The fourth-order valence-electron chi connectivity index (χ4n) is 4.18. The van der Waals surface area contributed by atoms with Crippen LogP contribution in [-0.4, -0.2) is 66.7 Å². The van der Waals surface area contributed by atoms with Crippen molar-refractivity contribution in [2.45, 2.75) is 0 Å². The first kappa shape index (κ1) is 27.9. The largest absolute Gasteiger partial charge is 0.494 e. The Morgan fingerprint density at radius 1 is 1.18 bits per heavy atom. The van der Waals surface area contributed by atoms with Gasteiger partial charge in [0.25, 0.3) is 5.91 Å². The van der Waals surface area contributed by atoms with Crippen LogP contribution in [0.5, 0.6) is 5.75 Å². The highest BCUT2D eigenvalue weighted by Gasteiger charge is 2.19. The summed E-state index contributed by atoms with van der Waals surface area (Å²) in [6, 6.07) is 11.4. The molecule has 0 saturated heterocycles. The molecule has 0 radical (unpaired) electrons. The molecule has 9 nitrogen and oxygen atoms in total. The van der Waals surface area contributed by atoms with Crippen molar-refractivity contribution in [3.63, 3.8) is 0 Å². The minimum absolute atomic E-state index is 0.265. The molecule has 4 rings (SSSR count). The number of fused-ring (bicyclic) bond motifs is 1. The molecule has 0 fully saturated rings. The number of aryl methyl sites for hydroxylation is 1. The number of methoxy groups -OCH3 is 1. The zero-order valence-electron chi connectivity index (χ0n) is 22.5. The molecular formula is C28H31ClFN7O2. The number of para-hydroxylation sites is 1. The van der Waals surface area contributed by atoms with Gasteiger partial charge in [-0.3, -0.25) is 4.79 Å². The van der Waals surface area contributed by atoms with Crippen molar-refractivity contribution in [2.75, 3.05) is 56.9 Å². The van der Waals surface area contributed by atoms with Crippen LogP contribution in [0.1, 0.15) is 0 Å². The van der Waals surface area contributed by atoms with E-state index in [0.29, 0.717) is 40.1 Å². The molecule has 39 heavy (non-hydrogen) atoms. The number of halogens is 2. The molecule has 0 bridgehead atoms. The van der Waals surface area contributed by atoms with Crippen molar-refractivity contribution >= 4 is 51.4 Å². The number of nitrogens with zero attached hydrogens (tertiary/aromatic N) is 5. The maximum absolute atomic E-state index is 13.6. The van der Waals surface area contributed by atoms with E-state index >= 15 is 0 Å². The summed E-state index contributed by atoms with van der Waals surface area (Å²) in [6.45, 7) is 4.52. The summed E-state index contributed by atoms with van der Waals surface area (Å²) < 4.78 is 21.3. The highest BCUT2D eigenvalue weighted by atomic mass is 35.5. The second-order valence-corrected chi connectivity index (χ2v) is 9.75. The molecule has 4 aromatic rings. The first-order valence-corrected chi connectivity index (χ1v) is 12.5. The van der Waals surface area contributed by atoms with Gasteiger partial charge in [0, 0.05) is 55.9 Å². The van der Waals surface area contributed by atoms with Gasteiger partial charge in [0.05, 0.1) is 41.1 Å². The maximum Gasteiger partial charge on any atom is 0.283 e. The van der Waals surface area contributed by atoms with Crippen LogP contribution in [0.15, 0.2) is 61.2 Å². The van der Waals surface area contributed by atoms with Crippen molar-refractivity contribution in [1.82, 2.24) is 19.4 Å². The predicted molar refractivity (Wildman–Crippen MR) is 156 cm³/mol. The monoisotopic (exact) mass is 551 g/mol. The van der Waals surface area contributed by atoms with Gasteiger partial charge in [0.1, 0.15) is 5.75 Å². The van der Waals surface area contributed by atoms with Gasteiger partial charge in [-0.25, -0.2) is 14.4 Å². The van der Waals surface area contributed by atoms with Crippen molar-refractivity contribution < 1.29 is 13.9 Å². The predicted octanol–water partition coefficient (Wildman–Crippen LogP) is 5.46. The fraction of sp³-hybridized carbons (Fsp3) is 0.250. The lowest BCUT2D eigenvalue weighted by atomic mass is 10.1. The van der Waals surface area contributed by atoms with Crippen LogP contribution >= 0.6 is 11.6 Å². The molecule has 0 aliphatic rings. The third-order valence-corrected chi connectivity index (χ3v) is 6.53. The molecule has 2 aromatic heterocycles. The number of nitrogens with one attached hydrogen (secondary N) is 2. The topological polar surface area (TPSA) is 87.5 Å². The minimum atomic E-state index is -1.09. The van der Waals surface area contributed by atoms with Crippen LogP contribution in [0.4, 0.5) is 27.4 Å². The quantitative estimate of drug-likeness (QED) is 0.253. The molecule has 11 heteroatoms. The Balaban J connectivity index is 1.75. The van der Waals surface area contributed by atoms with Gasteiger partial charge in [-0.05, 0) is 26.2 Å². The van der Waals surface area contributed by atoms with Gasteiger partial charge in [-0.2, -0.15) is 0 Å². The van der Waals surface area contributed by atoms with E-state index in [2.05, 4.69) is 22.2 Å². The van der Waals surface area contributed by atoms with E-state index in [1.54, 1.807) is 12.1 Å². The number of amides is 1. The molecule has 204 valence electrons. The zero-order chi connectivity index (χ0) is 28.3. The number of hydrogen-bond acceptors (Lipinski definition) is 7. The summed E-state index contributed by atoms with van der Waals surface area (Å²) >= 11 is 6.53. The molecule has 2 N–H and O–H groups in total. The van der Waals surface area contributed by atoms with Crippen LogP contribution in [0, 0.1) is 0 Å². The SMILES string of the molecule is C=C(F)C(=O)Nc1cc(Nc2ncc(Cl)c(-c3cn(C)c4ccccc34)n2)c(OC)cc1N(C)CCN(C)C. The number of aromatic nitrogens is 3. The van der Waals surface area contributed by atoms with E-state index in [1.807, 2.05) is 73.0 Å². The number of carbonyl (C=O) groups is 1. The van der Waals surface area contributed by atoms with E-state index in [-0.39, 0.29) is 5.95 Å². The Hall–Kier alpha value is -4.15. The van der Waals surface area contributed by atoms with Gasteiger partial charge in [-0.1, -0.05) is 36.4 Å². The first-order valence-electron chi connectivity index (χ1n) is 12.2. The minimum Gasteiger partial charge on any atom is -0.494 e. The van der Waals surface area contributed by atoms with Crippen LogP contribution < -0.4 is 20.3 Å². The summed E-state index contributed by atoms with van der Waals surface area (Å²) in [7, 11) is 9.32. The molecule has 2 aromatic carbocycles. The average molecular weight is 552 g/mol.